The summed E-state index contributed by atoms with van der Waals surface area (Å²) in [6.45, 7) is 6.64. The SMILES string of the molecule is CC(C)(C)c1ccc(CCC(=O)N2CC(=O)Nc3ccccc32)cc1. The Morgan fingerprint density at radius 3 is 2.44 bits per heavy atom. The van der Waals surface area contributed by atoms with Crippen LogP contribution in [0.3, 0.4) is 0 Å². The Bertz CT molecular complexity index is 788. The molecule has 2 aromatic carbocycles. The van der Waals surface area contributed by atoms with Gasteiger partial charge in [0.05, 0.1) is 11.4 Å². The summed E-state index contributed by atoms with van der Waals surface area (Å²) in [6.07, 6.45) is 1.06. The van der Waals surface area contributed by atoms with E-state index in [-0.39, 0.29) is 23.8 Å². The second-order valence-electron chi connectivity index (χ2n) is 7.49. The molecule has 1 aliphatic heterocycles. The molecular formula is C21H24N2O2. The van der Waals surface area contributed by atoms with Crippen molar-refractivity contribution >= 4 is 23.2 Å². The number of nitrogens with zero attached hydrogens (tertiary/aromatic N) is 1. The summed E-state index contributed by atoms with van der Waals surface area (Å²) in [5.41, 5.74) is 4.01. The van der Waals surface area contributed by atoms with Crippen LogP contribution in [0.2, 0.25) is 0 Å². The molecule has 0 bridgehead atoms. The second-order valence-corrected chi connectivity index (χ2v) is 7.49. The molecule has 1 N–H and O–H groups in total. The third-order valence-corrected chi connectivity index (χ3v) is 4.52. The number of anilines is 2. The fourth-order valence-corrected chi connectivity index (χ4v) is 3.01. The van der Waals surface area contributed by atoms with Gasteiger partial charge in [-0.3, -0.25) is 9.59 Å². The maximum absolute atomic E-state index is 12.7. The summed E-state index contributed by atoms with van der Waals surface area (Å²) >= 11 is 0. The zero-order valence-corrected chi connectivity index (χ0v) is 15.0. The van der Waals surface area contributed by atoms with E-state index in [0.29, 0.717) is 18.5 Å². The van der Waals surface area contributed by atoms with Gasteiger partial charge >= 0.3 is 0 Å². The van der Waals surface area contributed by atoms with E-state index in [9.17, 15) is 9.59 Å². The van der Waals surface area contributed by atoms with E-state index in [1.54, 1.807) is 4.90 Å². The van der Waals surface area contributed by atoms with E-state index in [2.05, 4.69) is 50.4 Å². The van der Waals surface area contributed by atoms with Gasteiger partial charge in [-0.25, -0.2) is 0 Å². The predicted molar refractivity (Wildman–Crippen MR) is 101 cm³/mol. The summed E-state index contributed by atoms with van der Waals surface area (Å²) in [5, 5.41) is 2.81. The van der Waals surface area contributed by atoms with Crippen LogP contribution in [0.4, 0.5) is 11.4 Å². The highest BCUT2D eigenvalue weighted by atomic mass is 16.2. The summed E-state index contributed by atoms with van der Waals surface area (Å²) in [5.74, 6) is -0.177. The number of fused-ring (bicyclic) bond motifs is 1. The zero-order valence-electron chi connectivity index (χ0n) is 15.0. The number of para-hydroxylation sites is 2. The highest BCUT2D eigenvalue weighted by Crippen LogP contribution is 2.29. The van der Waals surface area contributed by atoms with Crippen LogP contribution in [0.25, 0.3) is 0 Å². The largest absolute Gasteiger partial charge is 0.323 e. The maximum Gasteiger partial charge on any atom is 0.244 e. The molecule has 25 heavy (non-hydrogen) atoms. The summed E-state index contributed by atoms with van der Waals surface area (Å²) in [6, 6.07) is 15.8. The van der Waals surface area contributed by atoms with Gasteiger partial charge < -0.3 is 10.2 Å². The number of amides is 2. The summed E-state index contributed by atoms with van der Waals surface area (Å²) < 4.78 is 0. The van der Waals surface area contributed by atoms with Crippen molar-refractivity contribution in [3.8, 4) is 0 Å². The molecule has 3 rings (SSSR count). The smallest absolute Gasteiger partial charge is 0.244 e. The van der Waals surface area contributed by atoms with Crippen LogP contribution < -0.4 is 10.2 Å². The van der Waals surface area contributed by atoms with Crippen LogP contribution >= 0.6 is 0 Å². The number of hydrogen-bond donors (Lipinski definition) is 1. The summed E-state index contributed by atoms with van der Waals surface area (Å²) in [7, 11) is 0. The first-order chi connectivity index (χ1) is 11.8. The first kappa shape index (κ1) is 17.2. The van der Waals surface area contributed by atoms with Crippen molar-refractivity contribution in [1.29, 1.82) is 0 Å². The molecule has 1 aliphatic rings. The molecule has 4 heteroatoms. The average molecular weight is 336 g/mol. The Morgan fingerprint density at radius 2 is 1.76 bits per heavy atom. The molecule has 0 aliphatic carbocycles. The van der Waals surface area contributed by atoms with E-state index in [1.807, 2.05) is 24.3 Å². The third kappa shape index (κ3) is 3.90. The Hall–Kier alpha value is -2.62. The molecule has 4 nitrogen and oxygen atoms in total. The quantitative estimate of drug-likeness (QED) is 0.924. The van der Waals surface area contributed by atoms with Gasteiger partial charge in [0.1, 0.15) is 6.54 Å². The molecule has 0 aromatic heterocycles. The third-order valence-electron chi connectivity index (χ3n) is 4.52. The number of nitrogens with one attached hydrogen (secondary N) is 1. The number of carbonyl (C=O) groups excluding carboxylic acids is 2. The molecule has 0 unspecified atom stereocenters. The van der Waals surface area contributed by atoms with E-state index in [1.165, 1.54) is 5.56 Å². The van der Waals surface area contributed by atoms with Gasteiger partial charge in [-0.05, 0) is 35.1 Å². The fraction of sp³-hybridized carbons (Fsp3) is 0.333. The van der Waals surface area contributed by atoms with Gasteiger partial charge in [-0.15, -0.1) is 0 Å². The van der Waals surface area contributed by atoms with Gasteiger partial charge in [-0.1, -0.05) is 57.2 Å². The monoisotopic (exact) mass is 336 g/mol. The van der Waals surface area contributed by atoms with Crippen LogP contribution in [-0.2, 0) is 21.4 Å². The molecule has 2 aromatic rings. The predicted octanol–water partition coefficient (Wildman–Crippen LogP) is 3.90. The normalized spacial score (nSPS) is 14.0. The average Bonchev–Trinajstić information content (AvgIpc) is 2.58. The minimum Gasteiger partial charge on any atom is -0.323 e. The van der Waals surface area contributed by atoms with Crippen LogP contribution in [-0.4, -0.2) is 18.4 Å². The van der Waals surface area contributed by atoms with Crippen molar-refractivity contribution in [1.82, 2.24) is 0 Å². The molecule has 0 saturated carbocycles. The first-order valence-electron chi connectivity index (χ1n) is 8.63. The lowest BCUT2D eigenvalue weighted by atomic mass is 9.86. The van der Waals surface area contributed by atoms with Crippen molar-refractivity contribution < 1.29 is 9.59 Å². The Balaban J connectivity index is 1.68. The van der Waals surface area contributed by atoms with Crippen molar-refractivity contribution in [2.24, 2.45) is 0 Å². The van der Waals surface area contributed by atoms with Crippen molar-refractivity contribution in [3.63, 3.8) is 0 Å². The molecule has 1 heterocycles. The lowest BCUT2D eigenvalue weighted by molar-refractivity contribution is -0.121. The Morgan fingerprint density at radius 1 is 1.08 bits per heavy atom. The van der Waals surface area contributed by atoms with Crippen molar-refractivity contribution in [3.05, 3.63) is 59.7 Å². The first-order valence-corrected chi connectivity index (χ1v) is 8.63. The number of hydrogen-bond acceptors (Lipinski definition) is 2. The molecule has 0 spiro atoms. The Kier molecular flexibility index (Phi) is 4.62. The van der Waals surface area contributed by atoms with Crippen LogP contribution in [0, 0.1) is 0 Å². The van der Waals surface area contributed by atoms with E-state index in [4.69, 9.17) is 0 Å². The van der Waals surface area contributed by atoms with E-state index in [0.717, 1.165) is 11.3 Å². The van der Waals surface area contributed by atoms with Gasteiger partial charge in [0, 0.05) is 6.42 Å². The number of rotatable bonds is 3. The van der Waals surface area contributed by atoms with Crippen LogP contribution in [0.15, 0.2) is 48.5 Å². The molecular weight excluding hydrogens is 312 g/mol. The molecule has 0 radical (unpaired) electrons. The van der Waals surface area contributed by atoms with Crippen LogP contribution in [0.5, 0.6) is 0 Å². The van der Waals surface area contributed by atoms with Gasteiger partial charge in [-0.2, -0.15) is 0 Å². The molecule has 2 amide bonds. The molecule has 0 fully saturated rings. The summed E-state index contributed by atoms with van der Waals surface area (Å²) in [4.78, 5) is 26.1. The molecule has 0 saturated heterocycles. The zero-order chi connectivity index (χ0) is 18.0. The lowest BCUT2D eigenvalue weighted by Gasteiger charge is -2.29. The minimum atomic E-state index is -0.151. The highest BCUT2D eigenvalue weighted by molar-refractivity contribution is 6.09. The van der Waals surface area contributed by atoms with Gasteiger partial charge in [0.2, 0.25) is 11.8 Å². The highest BCUT2D eigenvalue weighted by Gasteiger charge is 2.26. The fourth-order valence-electron chi connectivity index (χ4n) is 3.01. The maximum atomic E-state index is 12.7. The minimum absolute atomic E-state index is 0.0257. The topological polar surface area (TPSA) is 49.4 Å². The molecule has 0 atom stereocenters. The Labute approximate surface area is 148 Å². The molecule has 130 valence electrons. The number of carbonyl (C=O) groups is 2. The van der Waals surface area contributed by atoms with Crippen LogP contribution in [0.1, 0.15) is 38.3 Å². The van der Waals surface area contributed by atoms with E-state index < -0.39 is 0 Å². The van der Waals surface area contributed by atoms with Crippen molar-refractivity contribution in [2.45, 2.75) is 39.0 Å². The second kappa shape index (κ2) is 6.71. The van der Waals surface area contributed by atoms with E-state index >= 15 is 0 Å². The number of aryl methyl sites for hydroxylation is 1. The van der Waals surface area contributed by atoms with Gasteiger partial charge in [0.15, 0.2) is 0 Å². The van der Waals surface area contributed by atoms with Crippen molar-refractivity contribution in [2.75, 3.05) is 16.8 Å². The number of benzene rings is 2. The standard InChI is InChI=1S/C21H24N2O2/c1-21(2,3)16-11-8-15(9-12-16)10-13-20(25)23-14-19(24)22-17-6-4-5-7-18(17)23/h4-9,11-12H,10,13-14H2,1-3H3,(H,22,24). The lowest BCUT2D eigenvalue weighted by Crippen LogP contribution is -2.42. The van der Waals surface area contributed by atoms with Gasteiger partial charge in [0.25, 0.3) is 0 Å².